The first-order valence-corrected chi connectivity index (χ1v) is 12.8. The SMILES string of the molecule is CC(C)c1ccc(N2CCN(C(=O)[C@@H]3CCCN(Cc4nc5ccccc5n4C)C3)CC2)cc1. The number of benzene rings is 2. The zero-order valence-electron chi connectivity index (χ0n) is 20.8. The van der Waals surface area contributed by atoms with Crippen LogP contribution in [0.2, 0.25) is 0 Å². The third-order valence-electron chi connectivity index (χ3n) is 7.62. The summed E-state index contributed by atoms with van der Waals surface area (Å²) in [7, 11) is 2.09. The molecular formula is C28H37N5O. The van der Waals surface area contributed by atoms with E-state index < -0.39 is 0 Å². The molecule has 5 rings (SSSR count). The summed E-state index contributed by atoms with van der Waals surface area (Å²) >= 11 is 0. The Bertz CT molecular complexity index is 1130. The smallest absolute Gasteiger partial charge is 0.227 e. The highest BCUT2D eigenvalue weighted by Crippen LogP contribution is 2.25. The Balaban J connectivity index is 1.17. The predicted octanol–water partition coefficient (Wildman–Crippen LogP) is 4.26. The van der Waals surface area contributed by atoms with Gasteiger partial charge in [-0.1, -0.05) is 38.1 Å². The van der Waals surface area contributed by atoms with Gasteiger partial charge in [0.2, 0.25) is 5.91 Å². The number of carbonyl (C=O) groups is 1. The maximum atomic E-state index is 13.4. The summed E-state index contributed by atoms with van der Waals surface area (Å²) < 4.78 is 2.19. The predicted molar refractivity (Wildman–Crippen MR) is 138 cm³/mol. The largest absolute Gasteiger partial charge is 0.368 e. The third kappa shape index (κ3) is 4.69. The van der Waals surface area contributed by atoms with Crippen LogP contribution in [0.25, 0.3) is 11.0 Å². The van der Waals surface area contributed by atoms with Gasteiger partial charge in [-0.25, -0.2) is 4.98 Å². The van der Waals surface area contributed by atoms with Crippen molar-refractivity contribution < 1.29 is 4.79 Å². The van der Waals surface area contributed by atoms with Crippen LogP contribution in [-0.4, -0.2) is 64.5 Å². The lowest BCUT2D eigenvalue weighted by Crippen LogP contribution is -2.52. The lowest BCUT2D eigenvalue weighted by atomic mass is 9.96. The number of likely N-dealkylation sites (tertiary alicyclic amines) is 1. The van der Waals surface area contributed by atoms with Crippen LogP contribution in [-0.2, 0) is 18.4 Å². The van der Waals surface area contributed by atoms with Crippen LogP contribution in [0, 0.1) is 5.92 Å². The summed E-state index contributed by atoms with van der Waals surface area (Å²) in [6, 6.07) is 17.2. The molecule has 2 aromatic carbocycles. The van der Waals surface area contributed by atoms with Crippen molar-refractivity contribution in [2.45, 2.75) is 39.2 Å². The fraction of sp³-hybridized carbons (Fsp3) is 0.500. The van der Waals surface area contributed by atoms with Crippen molar-refractivity contribution in [3.8, 4) is 0 Å². The molecule has 1 atom stereocenters. The molecule has 2 aliphatic heterocycles. The Morgan fingerprint density at radius 3 is 2.44 bits per heavy atom. The quantitative estimate of drug-likeness (QED) is 0.572. The van der Waals surface area contributed by atoms with Crippen LogP contribution in [0.1, 0.15) is 44.0 Å². The summed E-state index contributed by atoms with van der Waals surface area (Å²) in [6.45, 7) is 10.6. The van der Waals surface area contributed by atoms with Crippen molar-refractivity contribution >= 4 is 22.6 Å². The molecule has 6 nitrogen and oxygen atoms in total. The fourth-order valence-corrected chi connectivity index (χ4v) is 5.45. The number of anilines is 1. The second-order valence-electron chi connectivity index (χ2n) is 10.2. The van der Waals surface area contributed by atoms with E-state index in [2.05, 4.69) is 82.6 Å². The Labute approximate surface area is 203 Å². The first-order chi connectivity index (χ1) is 16.5. The molecule has 0 radical (unpaired) electrons. The normalized spacial score (nSPS) is 19.8. The zero-order chi connectivity index (χ0) is 23.7. The molecule has 0 saturated carbocycles. The molecule has 180 valence electrons. The van der Waals surface area contributed by atoms with Gasteiger partial charge >= 0.3 is 0 Å². The minimum atomic E-state index is 0.0975. The molecule has 1 aromatic heterocycles. The summed E-state index contributed by atoms with van der Waals surface area (Å²) in [5, 5.41) is 0. The molecule has 2 saturated heterocycles. The summed E-state index contributed by atoms with van der Waals surface area (Å²) in [5.74, 6) is 2.06. The maximum Gasteiger partial charge on any atom is 0.227 e. The highest BCUT2D eigenvalue weighted by Gasteiger charge is 2.31. The van der Waals surface area contributed by atoms with Crippen molar-refractivity contribution in [1.29, 1.82) is 0 Å². The van der Waals surface area contributed by atoms with E-state index in [1.54, 1.807) is 0 Å². The number of hydrogen-bond donors (Lipinski definition) is 0. The zero-order valence-corrected chi connectivity index (χ0v) is 20.8. The second kappa shape index (κ2) is 9.79. The average molecular weight is 460 g/mol. The van der Waals surface area contributed by atoms with Crippen LogP contribution < -0.4 is 4.90 Å². The van der Waals surface area contributed by atoms with Gasteiger partial charge < -0.3 is 14.4 Å². The molecule has 0 aliphatic carbocycles. The number of carbonyl (C=O) groups excluding carboxylic acids is 1. The summed E-state index contributed by atoms with van der Waals surface area (Å²) in [4.78, 5) is 25.1. The minimum absolute atomic E-state index is 0.0975. The number of hydrogen-bond acceptors (Lipinski definition) is 4. The number of piperidine rings is 1. The number of imidazole rings is 1. The fourth-order valence-electron chi connectivity index (χ4n) is 5.45. The standard InChI is InChI=1S/C28H37N5O/c1-21(2)22-10-12-24(13-11-22)32-15-17-33(18-16-32)28(34)23-7-6-14-31(19-23)20-27-29-25-8-4-5-9-26(25)30(27)3/h4-5,8-13,21,23H,6-7,14-20H2,1-3H3/t23-/m1/s1. The van der Waals surface area contributed by atoms with Gasteiger partial charge in [-0.2, -0.15) is 0 Å². The Kier molecular flexibility index (Phi) is 6.59. The van der Waals surface area contributed by atoms with Crippen molar-refractivity contribution in [2.24, 2.45) is 13.0 Å². The lowest BCUT2D eigenvalue weighted by molar-refractivity contribution is -0.137. The van der Waals surface area contributed by atoms with E-state index in [9.17, 15) is 4.79 Å². The molecule has 0 bridgehead atoms. The van der Waals surface area contributed by atoms with E-state index in [1.807, 2.05) is 6.07 Å². The Morgan fingerprint density at radius 1 is 1.00 bits per heavy atom. The molecule has 0 N–H and O–H groups in total. The highest BCUT2D eigenvalue weighted by molar-refractivity contribution is 5.79. The maximum absolute atomic E-state index is 13.4. The molecule has 0 spiro atoms. The van der Waals surface area contributed by atoms with E-state index in [-0.39, 0.29) is 5.92 Å². The van der Waals surface area contributed by atoms with E-state index in [0.717, 1.165) is 70.0 Å². The van der Waals surface area contributed by atoms with Gasteiger partial charge in [-0.15, -0.1) is 0 Å². The first kappa shape index (κ1) is 22.9. The van der Waals surface area contributed by atoms with Crippen LogP contribution >= 0.6 is 0 Å². The number of para-hydroxylation sites is 2. The van der Waals surface area contributed by atoms with Crippen molar-refractivity contribution in [1.82, 2.24) is 19.4 Å². The van der Waals surface area contributed by atoms with Gasteiger partial charge in [0.15, 0.2) is 0 Å². The topological polar surface area (TPSA) is 44.6 Å². The van der Waals surface area contributed by atoms with Gasteiger partial charge in [0, 0.05) is 45.5 Å². The Hall–Kier alpha value is -2.86. The van der Waals surface area contributed by atoms with Crippen LogP contribution in [0.3, 0.4) is 0 Å². The average Bonchev–Trinajstić information content (AvgIpc) is 3.19. The second-order valence-corrected chi connectivity index (χ2v) is 10.2. The van der Waals surface area contributed by atoms with Crippen LogP contribution in [0.4, 0.5) is 5.69 Å². The van der Waals surface area contributed by atoms with Crippen molar-refractivity contribution in [3.05, 3.63) is 59.9 Å². The summed E-state index contributed by atoms with van der Waals surface area (Å²) in [6.07, 6.45) is 2.07. The van der Waals surface area contributed by atoms with E-state index in [0.29, 0.717) is 11.8 Å². The molecule has 3 aromatic rings. The van der Waals surface area contributed by atoms with E-state index >= 15 is 0 Å². The number of fused-ring (bicyclic) bond motifs is 1. The van der Waals surface area contributed by atoms with Gasteiger partial charge in [-0.05, 0) is 55.1 Å². The number of aromatic nitrogens is 2. The van der Waals surface area contributed by atoms with Gasteiger partial charge in [0.1, 0.15) is 5.82 Å². The van der Waals surface area contributed by atoms with Gasteiger partial charge in [0.05, 0.1) is 23.5 Å². The van der Waals surface area contributed by atoms with Crippen molar-refractivity contribution in [3.63, 3.8) is 0 Å². The number of piperazine rings is 1. The van der Waals surface area contributed by atoms with Crippen LogP contribution in [0.15, 0.2) is 48.5 Å². The molecule has 6 heteroatoms. The van der Waals surface area contributed by atoms with E-state index in [4.69, 9.17) is 4.98 Å². The highest BCUT2D eigenvalue weighted by atomic mass is 16.2. The first-order valence-electron chi connectivity index (χ1n) is 12.8. The lowest BCUT2D eigenvalue weighted by Gasteiger charge is -2.39. The monoisotopic (exact) mass is 459 g/mol. The molecule has 2 fully saturated rings. The minimum Gasteiger partial charge on any atom is -0.368 e. The number of aryl methyl sites for hydroxylation is 1. The Morgan fingerprint density at radius 2 is 1.74 bits per heavy atom. The van der Waals surface area contributed by atoms with Crippen molar-refractivity contribution in [2.75, 3.05) is 44.2 Å². The molecule has 2 aliphatic rings. The summed E-state index contributed by atoms with van der Waals surface area (Å²) in [5.41, 5.74) is 4.85. The molecule has 1 amide bonds. The van der Waals surface area contributed by atoms with Gasteiger partial charge in [-0.3, -0.25) is 9.69 Å². The number of nitrogens with zero attached hydrogens (tertiary/aromatic N) is 5. The number of amides is 1. The molecule has 34 heavy (non-hydrogen) atoms. The molecular weight excluding hydrogens is 422 g/mol. The third-order valence-corrected chi connectivity index (χ3v) is 7.62. The van der Waals surface area contributed by atoms with Gasteiger partial charge in [0.25, 0.3) is 0 Å². The van der Waals surface area contributed by atoms with E-state index in [1.165, 1.54) is 16.8 Å². The number of rotatable bonds is 5. The van der Waals surface area contributed by atoms with Crippen LogP contribution in [0.5, 0.6) is 0 Å². The molecule has 3 heterocycles. The molecule has 0 unspecified atom stereocenters.